The molecular formula is C13H21ClO3. The van der Waals surface area contributed by atoms with Gasteiger partial charge in [0.1, 0.15) is 5.78 Å². The number of alkyl halides is 1. The standard InChI is InChI=1S/C13H21ClO3/c1-10-4-2-5-11(12(10)15)13(6-3-7-14)16-8-9-17-13/h10-11H,2-9H2,1H3/t10-,11+/m0/s1. The van der Waals surface area contributed by atoms with Crippen LogP contribution in [0.1, 0.15) is 39.0 Å². The maximum absolute atomic E-state index is 12.3. The van der Waals surface area contributed by atoms with Crippen molar-refractivity contribution >= 4 is 17.4 Å². The first kappa shape index (κ1) is 13.3. The fourth-order valence-electron chi connectivity index (χ4n) is 3.00. The molecule has 0 aromatic rings. The Balaban J connectivity index is 2.11. The summed E-state index contributed by atoms with van der Waals surface area (Å²) in [5.41, 5.74) is 0. The van der Waals surface area contributed by atoms with E-state index in [0.717, 1.165) is 32.1 Å². The Bertz CT molecular complexity index is 274. The molecule has 1 aliphatic heterocycles. The third-order valence-electron chi connectivity index (χ3n) is 3.92. The van der Waals surface area contributed by atoms with Crippen LogP contribution in [0.3, 0.4) is 0 Å². The van der Waals surface area contributed by atoms with Gasteiger partial charge in [-0.3, -0.25) is 4.79 Å². The highest BCUT2D eigenvalue weighted by Crippen LogP contribution is 2.41. The molecular weight excluding hydrogens is 240 g/mol. The predicted molar refractivity (Wildman–Crippen MR) is 66.1 cm³/mol. The van der Waals surface area contributed by atoms with E-state index < -0.39 is 5.79 Å². The molecule has 0 aromatic carbocycles. The molecule has 17 heavy (non-hydrogen) atoms. The monoisotopic (exact) mass is 260 g/mol. The summed E-state index contributed by atoms with van der Waals surface area (Å²) in [5.74, 6) is 0.296. The lowest BCUT2D eigenvalue weighted by molar-refractivity contribution is -0.206. The SMILES string of the molecule is C[C@H]1CCC[C@@H](C2(CCCCl)OCCO2)C1=O. The number of carbonyl (C=O) groups is 1. The van der Waals surface area contributed by atoms with Gasteiger partial charge in [-0.05, 0) is 19.3 Å². The molecule has 0 amide bonds. The fourth-order valence-corrected chi connectivity index (χ4v) is 3.13. The highest BCUT2D eigenvalue weighted by molar-refractivity contribution is 6.17. The van der Waals surface area contributed by atoms with Gasteiger partial charge in [0.15, 0.2) is 5.79 Å². The average Bonchev–Trinajstić information content (AvgIpc) is 2.80. The topological polar surface area (TPSA) is 35.5 Å². The molecule has 3 nitrogen and oxygen atoms in total. The van der Waals surface area contributed by atoms with Crippen LogP contribution >= 0.6 is 11.6 Å². The molecule has 1 saturated carbocycles. The smallest absolute Gasteiger partial charge is 0.178 e. The Morgan fingerprint density at radius 1 is 1.35 bits per heavy atom. The van der Waals surface area contributed by atoms with Crippen LogP contribution < -0.4 is 0 Å². The van der Waals surface area contributed by atoms with Crippen LogP contribution in [0.5, 0.6) is 0 Å². The lowest BCUT2D eigenvalue weighted by atomic mass is 9.75. The molecule has 0 spiro atoms. The van der Waals surface area contributed by atoms with Gasteiger partial charge in [-0.15, -0.1) is 11.6 Å². The van der Waals surface area contributed by atoms with E-state index in [0.29, 0.717) is 24.9 Å². The summed E-state index contributed by atoms with van der Waals surface area (Å²) in [5, 5.41) is 0. The predicted octanol–water partition coefficient (Wildman–Crippen LogP) is 2.75. The van der Waals surface area contributed by atoms with Crippen molar-refractivity contribution in [2.24, 2.45) is 11.8 Å². The van der Waals surface area contributed by atoms with Crippen molar-refractivity contribution in [3.63, 3.8) is 0 Å². The van der Waals surface area contributed by atoms with Crippen molar-refractivity contribution in [1.82, 2.24) is 0 Å². The summed E-state index contributed by atoms with van der Waals surface area (Å²) in [6.07, 6.45) is 4.55. The van der Waals surface area contributed by atoms with Crippen molar-refractivity contribution in [1.29, 1.82) is 0 Å². The Morgan fingerprint density at radius 3 is 2.71 bits per heavy atom. The van der Waals surface area contributed by atoms with E-state index in [1.807, 2.05) is 6.92 Å². The minimum absolute atomic E-state index is 0.0861. The first-order valence-corrected chi connectivity index (χ1v) is 7.10. The summed E-state index contributed by atoms with van der Waals surface area (Å²) in [7, 11) is 0. The minimum Gasteiger partial charge on any atom is -0.347 e. The van der Waals surface area contributed by atoms with Gasteiger partial charge in [-0.25, -0.2) is 0 Å². The molecule has 0 bridgehead atoms. The second kappa shape index (κ2) is 5.68. The van der Waals surface area contributed by atoms with Crippen LogP contribution in [0.4, 0.5) is 0 Å². The van der Waals surface area contributed by atoms with Gasteiger partial charge < -0.3 is 9.47 Å². The summed E-state index contributed by atoms with van der Waals surface area (Å²) in [6.45, 7) is 3.21. The Morgan fingerprint density at radius 2 is 2.06 bits per heavy atom. The largest absolute Gasteiger partial charge is 0.347 e. The zero-order valence-corrected chi connectivity index (χ0v) is 11.2. The summed E-state index contributed by atoms with van der Waals surface area (Å²) in [4.78, 5) is 12.3. The normalized spacial score (nSPS) is 32.9. The van der Waals surface area contributed by atoms with Gasteiger partial charge >= 0.3 is 0 Å². The highest BCUT2D eigenvalue weighted by atomic mass is 35.5. The Hall–Kier alpha value is -0.120. The van der Waals surface area contributed by atoms with E-state index in [4.69, 9.17) is 21.1 Å². The second-order valence-corrected chi connectivity index (χ2v) is 5.47. The van der Waals surface area contributed by atoms with Crippen molar-refractivity contribution < 1.29 is 14.3 Å². The zero-order valence-electron chi connectivity index (χ0n) is 10.4. The molecule has 0 N–H and O–H groups in total. The molecule has 0 radical (unpaired) electrons. The number of ketones is 1. The number of halogens is 1. The number of carbonyl (C=O) groups excluding carboxylic acids is 1. The minimum atomic E-state index is -0.666. The molecule has 0 unspecified atom stereocenters. The van der Waals surface area contributed by atoms with Gasteiger partial charge in [0.2, 0.25) is 0 Å². The Labute approximate surface area is 108 Å². The van der Waals surface area contributed by atoms with Crippen LogP contribution in [0.25, 0.3) is 0 Å². The maximum atomic E-state index is 12.3. The zero-order chi connectivity index (χ0) is 12.3. The second-order valence-electron chi connectivity index (χ2n) is 5.09. The van der Waals surface area contributed by atoms with E-state index in [9.17, 15) is 4.79 Å². The van der Waals surface area contributed by atoms with Gasteiger partial charge in [0.05, 0.1) is 19.1 Å². The number of hydrogen-bond acceptors (Lipinski definition) is 3. The molecule has 1 saturated heterocycles. The summed E-state index contributed by atoms with van der Waals surface area (Å²) >= 11 is 5.75. The number of rotatable bonds is 4. The number of Topliss-reactive ketones (excluding diaryl/α,β-unsaturated/α-hetero) is 1. The van der Waals surface area contributed by atoms with Crippen LogP contribution in [0.2, 0.25) is 0 Å². The van der Waals surface area contributed by atoms with Crippen molar-refractivity contribution in [3.05, 3.63) is 0 Å². The van der Waals surface area contributed by atoms with Crippen molar-refractivity contribution in [2.45, 2.75) is 44.8 Å². The summed E-state index contributed by atoms with van der Waals surface area (Å²) in [6, 6.07) is 0. The molecule has 2 rings (SSSR count). The molecule has 0 aromatic heterocycles. The van der Waals surface area contributed by atoms with E-state index in [1.165, 1.54) is 0 Å². The van der Waals surface area contributed by atoms with Gasteiger partial charge in [0, 0.05) is 18.2 Å². The van der Waals surface area contributed by atoms with Crippen LogP contribution in [0, 0.1) is 11.8 Å². The van der Waals surface area contributed by atoms with E-state index >= 15 is 0 Å². The quantitative estimate of drug-likeness (QED) is 0.729. The summed E-state index contributed by atoms with van der Waals surface area (Å²) < 4.78 is 11.6. The van der Waals surface area contributed by atoms with Crippen LogP contribution in [0.15, 0.2) is 0 Å². The van der Waals surface area contributed by atoms with E-state index in [-0.39, 0.29) is 11.8 Å². The van der Waals surface area contributed by atoms with Crippen LogP contribution in [-0.4, -0.2) is 30.7 Å². The average molecular weight is 261 g/mol. The van der Waals surface area contributed by atoms with Crippen molar-refractivity contribution in [3.8, 4) is 0 Å². The third kappa shape index (κ3) is 2.67. The number of ether oxygens (including phenoxy) is 2. The molecule has 2 atom stereocenters. The van der Waals surface area contributed by atoms with Gasteiger partial charge in [-0.2, -0.15) is 0 Å². The highest BCUT2D eigenvalue weighted by Gasteiger charge is 2.49. The molecule has 2 fully saturated rings. The van der Waals surface area contributed by atoms with Gasteiger partial charge in [0.25, 0.3) is 0 Å². The van der Waals surface area contributed by atoms with Gasteiger partial charge in [-0.1, -0.05) is 13.3 Å². The van der Waals surface area contributed by atoms with Crippen molar-refractivity contribution in [2.75, 3.05) is 19.1 Å². The molecule has 98 valence electrons. The Kier molecular flexibility index (Phi) is 4.45. The molecule has 4 heteroatoms. The maximum Gasteiger partial charge on any atom is 0.178 e. The first-order valence-electron chi connectivity index (χ1n) is 6.57. The van der Waals surface area contributed by atoms with E-state index in [1.54, 1.807) is 0 Å². The molecule has 1 heterocycles. The molecule has 2 aliphatic rings. The van der Waals surface area contributed by atoms with Crippen LogP contribution in [-0.2, 0) is 14.3 Å². The van der Waals surface area contributed by atoms with E-state index in [2.05, 4.69) is 0 Å². The third-order valence-corrected chi connectivity index (χ3v) is 4.19. The lowest BCUT2D eigenvalue weighted by Gasteiger charge is -2.38. The fraction of sp³-hybridized carbons (Fsp3) is 0.923. The molecule has 1 aliphatic carbocycles. The number of hydrogen-bond donors (Lipinski definition) is 0. The lowest BCUT2D eigenvalue weighted by Crippen LogP contribution is -2.47. The first-order chi connectivity index (χ1) is 8.19.